The first-order valence-corrected chi connectivity index (χ1v) is 7.48. The van der Waals surface area contributed by atoms with E-state index in [-0.39, 0.29) is 10.6 Å². The Balaban J connectivity index is 2.35. The molecule has 20 heavy (non-hydrogen) atoms. The highest BCUT2D eigenvalue weighted by Gasteiger charge is 2.17. The van der Waals surface area contributed by atoms with Crippen molar-refractivity contribution in [2.45, 2.75) is 11.8 Å². The van der Waals surface area contributed by atoms with Crippen LogP contribution in [0.5, 0.6) is 0 Å². The van der Waals surface area contributed by atoms with Crippen molar-refractivity contribution in [3.05, 3.63) is 53.8 Å². The third kappa shape index (κ3) is 2.91. The second-order valence-electron chi connectivity index (χ2n) is 4.31. The largest absolute Gasteiger partial charge is 0.388 e. The summed E-state index contributed by atoms with van der Waals surface area (Å²) in [6.07, 6.45) is 0. The molecule has 0 amide bonds. The maximum atomic E-state index is 13.7. The Morgan fingerprint density at radius 2 is 1.70 bits per heavy atom. The molecule has 2 aromatic rings. The van der Waals surface area contributed by atoms with Crippen molar-refractivity contribution in [2.24, 2.45) is 0 Å². The van der Waals surface area contributed by atoms with Crippen LogP contribution in [0.4, 0.5) is 15.8 Å². The molecule has 106 valence electrons. The summed E-state index contributed by atoms with van der Waals surface area (Å²) in [6.45, 7) is 1.64. The molecular weight excluding hydrogens is 279 g/mol. The van der Waals surface area contributed by atoms with E-state index in [1.165, 1.54) is 24.3 Å². The van der Waals surface area contributed by atoms with Crippen molar-refractivity contribution in [3.8, 4) is 0 Å². The second-order valence-corrected chi connectivity index (χ2v) is 5.99. The summed E-state index contributed by atoms with van der Waals surface area (Å²) in [7, 11) is -2.06. The van der Waals surface area contributed by atoms with Crippen LogP contribution in [0.3, 0.4) is 0 Å². The normalized spacial score (nSPS) is 11.2. The van der Waals surface area contributed by atoms with E-state index in [1.54, 1.807) is 32.2 Å². The molecule has 0 saturated heterocycles. The van der Waals surface area contributed by atoms with Gasteiger partial charge in [-0.2, -0.15) is 0 Å². The maximum absolute atomic E-state index is 13.7. The number of anilines is 2. The van der Waals surface area contributed by atoms with E-state index in [9.17, 15) is 12.8 Å². The Hall–Kier alpha value is -2.08. The standard InChI is InChI=1S/C14H15FN2O2S/c1-10-4-3-5-13(15)14(10)17-20(18,19)12-8-6-11(16-2)7-9-12/h3-9,16-17H,1-2H3. The molecule has 0 fully saturated rings. The number of aryl methyl sites for hydroxylation is 1. The number of hydrogen-bond donors (Lipinski definition) is 2. The zero-order valence-corrected chi connectivity index (χ0v) is 12.0. The number of sulfonamides is 1. The quantitative estimate of drug-likeness (QED) is 0.911. The lowest BCUT2D eigenvalue weighted by molar-refractivity contribution is 0.598. The van der Waals surface area contributed by atoms with E-state index in [4.69, 9.17) is 0 Å². The van der Waals surface area contributed by atoms with Crippen LogP contribution in [-0.4, -0.2) is 15.5 Å². The summed E-state index contributed by atoms with van der Waals surface area (Å²) < 4.78 is 40.4. The van der Waals surface area contributed by atoms with Crippen molar-refractivity contribution >= 4 is 21.4 Å². The number of hydrogen-bond acceptors (Lipinski definition) is 3. The fraction of sp³-hybridized carbons (Fsp3) is 0.143. The van der Waals surface area contributed by atoms with Gasteiger partial charge in [0.2, 0.25) is 0 Å². The molecule has 0 spiro atoms. The minimum atomic E-state index is -3.80. The van der Waals surface area contributed by atoms with E-state index in [0.717, 1.165) is 5.69 Å². The van der Waals surface area contributed by atoms with Crippen LogP contribution in [-0.2, 0) is 10.0 Å². The molecule has 0 bridgehead atoms. The average molecular weight is 294 g/mol. The van der Waals surface area contributed by atoms with Crippen molar-refractivity contribution in [1.82, 2.24) is 0 Å². The van der Waals surface area contributed by atoms with Crippen LogP contribution in [0.15, 0.2) is 47.4 Å². The first kappa shape index (κ1) is 14.3. The van der Waals surface area contributed by atoms with Gasteiger partial charge < -0.3 is 5.32 Å². The van der Waals surface area contributed by atoms with Crippen molar-refractivity contribution in [2.75, 3.05) is 17.1 Å². The highest BCUT2D eigenvalue weighted by atomic mass is 32.2. The van der Waals surface area contributed by atoms with E-state index in [0.29, 0.717) is 5.56 Å². The van der Waals surface area contributed by atoms with Crippen LogP contribution in [0.1, 0.15) is 5.56 Å². The Kier molecular flexibility index (Phi) is 3.94. The van der Waals surface area contributed by atoms with Gasteiger partial charge in [0.05, 0.1) is 10.6 Å². The molecule has 0 heterocycles. The number of benzene rings is 2. The summed E-state index contributed by atoms with van der Waals surface area (Å²) >= 11 is 0. The zero-order chi connectivity index (χ0) is 14.8. The van der Waals surface area contributed by atoms with Gasteiger partial charge in [-0.3, -0.25) is 4.72 Å². The summed E-state index contributed by atoms with van der Waals surface area (Å²) in [6, 6.07) is 10.6. The molecule has 0 aliphatic carbocycles. The minimum absolute atomic E-state index is 0.0230. The van der Waals surface area contributed by atoms with Gasteiger partial charge in [0.15, 0.2) is 0 Å². The van der Waals surface area contributed by atoms with Crippen molar-refractivity contribution < 1.29 is 12.8 Å². The molecule has 2 rings (SSSR count). The van der Waals surface area contributed by atoms with Gasteiger partial charge in [0.25, 0.3) is 10.0 Å². The predicted molar refractivity (Wildman–Crippen MR) is 77.9 cm³/mol. The Morgan fingerprint density at radius 1 is 1.05 bits per heavy atom. The lowest BCUT2D eigenvalue weighted by Gasteiger charge is -2.11. The molecule has 0 atom stereocenters. The van der Waals surface area contributed by atoms with Crippen molar-refractivity contribution in [1.29, 1.82) is 0 Å². The van der Waals surface area contributed by atoms with Crippen molar-refractivity contribution in [3.63, 3.8) is 0 Å². The second kappa shape index (κ2) is 5.50. The van der Waals surface area contributed by atoms with Crippen LogP contribution in [0.25, 0.3) is 0 Å². The van der Waals surface area contributed by atoms with E-state index >= 15 is 0 Å². The molecule has 2 N–H and O–H groups in total. The third-order valence-corrected chi connectivity index (χ3v) is 4.28. The molecule has 0 unspecified atom stereocenters. The highest BCUT2D eigenvalue weighted by Crippen LogP contribution is 2.23. The Labute approximate surface area is 117 Å². The Morgan fingerprint density at radius 3 is 2.25 bits per heavy atom. The fourth-order valence-corrected chi connectivity index (χ4v) is 2.89. The van der Waals surface area contributed by atoms with E-state index < -0.39 is 15.8 Å². The molecule has 4 nitrogen and oxygen atoms in total. The number of para-hydroxylation sites is 1. The first-order chi connectivity index (χ1) is 9.44. The van der Waals surface area contributed by atoms with Crippen LogP contribution in [0, 0.1) is 12.7 Å². The highest BCUT2D eigenvalue weighted by molar-refractivity contribution is 7.92. The lowest BCUT2D eigenvalue weighted by atomic mass is 10.2. The minimum Gasteiger partial charge on any atom is -0.388 e. The summed E-state index contributed by atoms with van der Waals surface area (Å²) in [4.78, 5) is 0.0825. The fourth-order valence-electron chi connectivity index (χ4n) is 1.76. The number of halogens is 1. The SMILES string of the molecule is CNc1ccc(S(=O)(=O)Nc2c(C)cccc2F)cc1. The third-order valence-electron chi connectivity index (χ3n) is 2.91. The summed E-state index contributed by atoms with van der Waals surface area (Å²) in [5.74, 6) is -0.597. The molecule has 0 aliphatic rings. The van der Waals surface area contributed by atoms with Crippen LogP contribution >= 0.6 is 0 Å². The number of rotatable bonds is 4. The smallest absolute Gasteiger partial charge is 0.261 e. The van der Waals surface area contributed by atoms with Gasteiger partial charge >= 0.3 is 0 Å². The lowest BCUT2D eigenvalue weighted by Crippen LogP contribution is -2.14. The molecule has 0 saturated carbocycles. The molecular formula is C14H15FN2O2S. The molecule has 0 radical (unpaired) electrons. The van der Waals surface area contributed by atoms with E-state index in [1.807, 2.05) is 0 Å². The van der Waals surface area contributed by atoms with Gasteiger partial charge in [0.1, 0.15) is 5.82 Å². The first-order valence-electron chi connectivity index (χ1n) is 6.00. The van der Waals surface area contributed by atoms with Gasteiger partial charge in [-0.1, -0.05) is 12.1 Å². The Bertz CT molecular complexity index is 692. The van der Waals surface area contributed by atoms with E-state index in [2.05, 4.69) is 10.0 Å². The monoisotopic (exact) mass is 294 g/mol. The van der Waals surface area contributed by atoms with Gasteiger partial charge in [-0.25, -0.2) is 12.8 Å². The number of nitrogens with one attached hydrogen (secondary N) is 2. The van der Waals surface area contributed by atoms with Gasteiger partial charge in [-0.05, 0) is 42.8 Å². The van der Waals surface area contributed by atoms with Crippen LogP contribution < -0.4 is 10.0 Å². The molecule has 6 heteroatoms. The maximum Gasteiger partial charge on any atom is 0.261 e. The molecule has 0 aliphatic heterocycles. The van der Waals surface area contributed by atoms with Crippen LogP contribution in [0.2, 0.25) is 0 Å². The topological polar surface area (TPSA) is 58.2 Å². The summed E-state index contributed by atoms with van der Waals surface area (Å²) in [5, 5.41) is 2.90. The zero-order valence-electron chi connectivity index (χ0n) is 11.1. The molecule has 0 aromatic heterocycles. The summed E-state index contributed by atoms with van der Waals surface area (Å²) in [5.41, 5.74) is 1.30. The van der Waals surface area contributed by atoms with Gasteiger partial charge in [-0.15, -0.1) is 0 Å². The average Bonchev–Trinajstić information content (AvgIpc) is 2.43. The molecule has 2 aromatic carbocycles. The van der Waals surface area contributed by atoms with Gasteiger partial charge in [0, 0.05) is 12.7 Å². The predicted octanol–water partition coefficient (Wildman–Crippen LogP) is 2.98.